The molecule has 0 saturated carbocycles. The number of amides is 1. The van der Waals surface area contributed by atoms with Gasteiger partial charge in [0.25, 0.3) is 5.91 Å². The first-order valence-corrected chi connectivity index (χ1v) is 7.49. The van der Waals surface area contributed by atoms with Gasteiger partial charge in [-0.15, -0.1) is 5.10 Å². The molecule has 1 N–H and O–H groups in total. The van der Waals surface area contributed by atoms with Crippen LogP contribution in [0.15, 0.2) is 36.7 Å². The molecular weight excluding hydrogens is 310 g/mol. The Morgan fingerprint density at radius 1 is 1.46 bits per heavy atom. The van der Waals surface area contributed by atoms with E-state index < -0.39 is 0 Å². The third kappa shape index (κ3) is 2.60. The van der Waals surface area contributed by atoms with Crippen LogP contribution in [0.2, 0.25) is 0 Å². The lowest BCUT2D eigenvalue weighted by molar-refractivity contribution is 0.0724. The maximum absolute atomic E-state index is 12.5. The number of hydrogen-bond donors (Lipinski definition) is 1. The molecule has 0 radical (unpaired) electrons. The van der Waals surface area contributed by atoms with Crippen LogP contribution in [0.25, 0.3) is 5.82 Å². The van der Waals surface area contributed by atoms with Gasteiger partial charge in [-0.2, -0.15) is 9.78 Å². The standard InChI is InChI=1S/C15H15N7O2/c1-21(8-11-6-10-4-2-3-5-13(10)24-11)15(23)12-7-14(18-17-12)22-9-16-19-20-22/h2-5,7,9,11H,6,8H2,1H3,(H,17,18). The maximum atomic E-state index is 12.5. The van der Waals surface area contributed by atoms with Gasteiger partial charge < -0.3 is 9.64 Å². The summed E-state index contributed by atoms with van der Waals surface area (Å²) in [5.41, 5.74) is 1.55. The Kier molecular flexibility index (Phi) is 3.45. The first kappa shape index (κ1) is 14.4. The Labute approximate surface area is 137 Å². The average molecular weight is 325 g/mol. The summed E-state index contributed by atoms with van der Waals surface area (Å²) in [5, 5.41) is 17.6. The molecule has 24 heavy (non-hydrogen) atoms. The van der Waals surface area contributed by atoms with Crippen molar-refractivity contribution in [1.82, 2.24) is 35.3 Å². The van der Waals surface area contributed by atoms with Crippen molar-refractivity contribution < 1.29 is 9.53 Å². The lowest BCUT2D eigenvalue weighted by Crippen LogP contribution is -2.36. The Balaban J connectivity index is 1.42. The molecule has 1 aliphatic rings. The highest BCUT2D eigenvalue weighted by molar-refractivity contribution is 5.92. The maximum Gasteiger partial charge on any atom is 0.271 e. The topological polar surface area (TPSA) is 102 Å². The van der Waals surface area contributed by atoms with Crippen LogP contribution >= 0.6 is 0 Å². The average Bonchev–Trinajstić information content (AvgIpc) is 3.32. The number of fused-ring (bicyclic) bond motifs is 1. The number of hydrogen-bond acceptors (Lipinski definition) is 6. The van der Waals surface area contributed by atoms with Crippen LogP contribution in [0.3, 0.4) is 0 Å². The van der Waals surface area contributed by atoms with E-state index in [9.17, 15) is 4.79 Å². The van der Waals surface area contributed by atoms with E-state index in [0.29, 0.717) is 18.1 Å². The zero-order valence-electron chi connectivity index (χ0n) is 13.0. The Hall–Kier alpha value is -3.23. The monoisotopic (exact) mass is 325 g/mol. The molecule has 4 rings (SSSR count). The molecule has 1 amide bonds. The molecule has 0 saturated heterocycles. The highest BCUT2D eigenvalue weighted by atomic mass is 16.5. The van der Waals surface area contributed by atoms with Gasteiger partial charge in [-0.1, -0.05) is 18.2 Å². The molecule has 122 valence electrons. The minimum Gasteiger partial charge on any atom is -0.488 e. The van der Waals surface area contributed by atoms with Crippen molar-refractivity contribution in [1.29, 1.82) is 0 Å². The molecule has 1 atom stereocenters. The number of nitrogens with zero attached hydrogens (tertiary/aromatic N) is 6. The molecule has 3 aromatic rings. The SMILES string of the molecule is CN(CC1Cc2ccccc2O1)C(=O)c1cc(-n2cnnn2)n[nH]1. The van der Waals surface area contributed by atoms with Crippen LogP contribution in [0.4, 0.5) is 0 Å². The normalized spacial score (nSPS) is 15.8. The first-order valence-electron chi connectivity index (χ1n) is 7.49. The summed E-state index contributed by atoms with van der Waals surface area (Å²) in [5.74, 6) is 1.19. The molecule has 9 nitrogen and oxygen atoms in total. The van der Waals surface area contributed by atoms with Gasteiger partial charge in [-0.25, -0.2) is 0 Å². The highest BCUT2D eigenvalue weighted by Crippen LogP contribution is 2.28. The van der Waals surface area contributed by atoms with Crippen molar-refractivity contribution in [3.05, 3.63) is 47.9 Å². The van der Waals surface area contributed by atoms with Gasteiger partial charge in [0.05, 0.1) is 6.54 Å². The molecule has 1 unspecified atom stereocenters. The summed E-state index contributed by atoms with van der Waals surface area (Å²) in [6, 6.07) is 9.54. The minimum absolute atomic E-state index is 0.0433. The number of benzene rings is 1. The molecule has 0 fully saturated rings. The zero-order valence-corrected chi connectivity index (χ0v) is 13.0. The smallest absolute Gasteiger partial charge is 0.271 e. The van der Waals surface area contributed by atoms with Crippen LogP contribution in [-0.4, -0.2) is 60.9 Å². The van der Waals surface area contributed by atoms with Crippen LogP contribution in [0.5, 0.6) is 5.75 Å². The van der Waals surface area contributed by atoms with Gasteiger partial charge in [0, 0.05) is 19.5 Å². The summed E-state index contributed by atoms with van der Waals surface area (Å²) in [7, 11) is 1.74. The molecule has 9 heteroatoms. The summed E-state index contributed by atoms with van der Waals surface area (Å²) in [4.78, 5) is 14.1. The molecule has 1 aromatic carbocycles. The fourth-order valence-corrected chi connectivity index (χ4v) is 2.75. The number of nitrogens with one attached hydrogen (secondary N) is 1. The van der Waals surface area contributed by atoms with E-state index in [2.05, 4.69) is 25.7 Å². The summed E-state index contributed by atoms with van der Waals surface area (Å²) in [6.45, 7) is 0.493. The third-order valence-corrected chi connectivity index (χ3v) is 3.92. The molecule has 0 bridgehead atoms. The predicted molar refractivity (Wildman–Crippen MR) is 82.8 cm³/mol. The molecule has 0 spiro atoms. The van der Waals surface area contributed by atoms with Gasteiger partial charge >= 0.3 is 0 Å². The van der Waals surface area contributed by atoms with Gasteiger partial charge in [0.1, 0.15) is 23.9 Å². The largest absolute Gasteiger partial charge is 0.488 e. The van der Waals surface area contributed by atoms with E-state index in [-0.39, 0.29) is 12.0 Å². The van der Waals surface area contributed by atoms with Crippen molar-refractivity contribution in [3.8, 4) is 11.6 Å². The molecule has 3 heterocycles. The number of rotatable bonds is 4. The van der Waals surface area contributed by atoms with E-state index in [4.69, 9.17) is 4.74 Å². The van der Waals surface area contributed by atoms with Crippen molar-refractivity contribution in [3.63, 3.8) is 0 Å². The minimum atomic E-state index is -0.165. The number of ether oxygens (including phenoxy) is 1. The lowest BCUT2D eigenvalue weighted by atomic mass is 10.1. The van der Waals surface area contributed by atoms with E-state index in [1.807, 2.05) is 24.3 Å². The van der Waals surface area contributed by atoms with Gasteiger partial charge in [-0.3, -0.25) is 9.89 Å². The Morgan fingerprint density at radius 3 is 3.12 bits per heavy atom. The van der Waals surface area contributed by atoms with E-state index in [1.54, 1.807) is 18.0 Å². The van der Waals surface area contributed by atoms with Crippen molar-refractivity contribution in [2.45, 2.75) is 12.5 Å². The zero-order chi connectivity index (χ0) is 16.5. The predicted octanol–water partition coefficient (Wildman–Crippen LogP) is 0.461. The second kappa shape index (κ2) is 5.76. The second-order valence-corrected chi connectivity index (χ2v) is 5.63. The number of carbonyl (C=O) groups is 1. The number of aromatic amines is 1. The molecular formula is C15H15N7O2. The number of H-pyrrole nitrogens is 1. The summed E-state index contributed by atoms with van der Waals surface area (Å²) in [6.07, 6.45) is 2.17. The number of likely N-dealkylation sites (N-methyl/N-ethyl adjacent to an activating group) is 1. The molecule has 1 aliphatic heterocycles. The number of tetrazole rings is 1. The first-order chi connectivity index (χ1) is 11.7. The quantitative estimate of drug-likeness (QED) is 0.748. The summed E-state index contributed by atoms with van der Waals surface area (Å²) >= 11 is 0. The van der Waals surface area contributed by atoms with Crippen LogP contribution in [0, 0.1) is 0 Å². The van der Waals surface area contributed by atoms with E-state index in [0.717, 1.165) is 12.2 Å². The molecule has 0 aliphatic carbocycles. The third-order valence-electron chi connectivity index (χ3n) is 3.92. The van der Waals surface area contributed by atoms with Crippen LogP contribution in [0.1, 0.15) is 16.1 Å². The fraction of sp³-hybridized carbons (Fsp3) is 0.267. The molecule has 2 aromatic heterocycles. The number of aromatic nitrogens is 6. The Morgan fingerprint density at radius 2 is 2.33 bits per heavy atom. The van der Waals surface area contributed by atoms with Crippen molar-refractivity contribution in [2.75, 3.05) is 13.6 Å². The van der Waals surface area contributed by atoms with Gasteiger partial charge in [0.15, 0.2) is 5.82 Å². The van der Waals surface area contributed by atoms with Gasteiger partial charge in [-0.05, 0) is 22.1 Å². The highest BCUT2D eigenvalue weighted by Gasteiger charge is 2.26. The van der Waals surface area contributed by atoms with Crippen molar-refractivity contribution >= 4 is 5.91 Å². The second-order valence-electron chi connectivity index (χ2n) is 5.63. The van der Waals surface area contributed by atoms with Crippen LogP contribution in [-0.2, 0) is 6.42 Å². The fourth-order valence-electron chi connectivity index (χ4n) is 2.75. The number of para-hydroxylation sites is 1. The van der Waals surface area contributed by atoms with Gasteiger partial charge in [0.2, 0.25) is 0 Å². The van der Waals surface area contributed by atoms with Crippen molar-refractivity contribution in [2.24, 2.45) is 0 Å². The van der Waals surface area contributed by atoms with Crippen LogP contribution < -0.4 is 4.74 Å². The number of carbonyl (C=O) groups excluding carboxylic acids is 1. The van der Waals surface area contributed by atoms with E-state index in [1.165, 1.54) is 16.6 Å². The summed E-state index contributed by atoms with van der Waals surface area (Å²) < 4.78 is 7.26. The lowest BCUT2D eigenvalue weighted by Gasteiger charge is -2.20. The van der Waals surface area contributed by atoms with E-state index >= 15 is 0 Å². The Bertz CT molecular complexity index is 833.